The van der Waals surface area contributed by atoms with Gasteiger partial charge in [0.15, 0.2) is 6.10 Å². The lowest BCUT2D eigenvalue weighted by atomic mass is 10.0. The van der Waals surface area contributed by atoms with Gasteiger partial charge in [0.05, 0.1) is 34.4 Å². The van der Waals surface area contributed by atoms with E-state index in [4.69, 9.17) is 18.9 Å². The fraction of sp³-hybridized carbons (Fsp3) is 0.849. The minimum atomic E-state index is -1.51. The number of carboxylic acid groups (broad SMARTS) is 1. The Morgan fingerprint density at radius 3 is 0.842 bits per heavy atom. The van der Waals surface area contributed by atoms with E-state index in [1.807, 2.05) is 21.1 Å². The largest absolute Gasteiger partial charge is 0.477 e. The zero-order valence-electron chi connectivity index (χ0n) is 63.8. The summed E-state index contributed by atoms with van der Waals surface area (Å²) in [6.45, 7) is 4.93. The molecular weight excluding hydrogens is 1170 g/mol. The van der Waals surface area contributed by atoms with Gasteiger partial charge in [-0.3, -0.25) is 9.59 Å². The molecule has 0 amide bonds. The number of rotatable bonds is 78. The van der Waals surface area contributed by atoms with Crippen molar-refractivity contribution in [3.05, 3.63) is 60.8 Å². The number of nitrogens with zero attached hydrogens (tertiary/aromatic N) is 1. The van der Waals surface area contributed by atoms with Crippen molar-refractivity contribution in [1.29, 1.82) is 0 Å². The normalized spacial score (nSPS) is 12.9. The van der Waals surface area contributed by atoms with Crippen LogP contribution in [0.1, 0.15) is 412 Å². The molecule has 2 atom stereocenters. The highest BCUT2D eigenvalue weighted by Crippen LogP contribution is 2.20. The molecule has 0 spiro atoms. The third kappa shape index (κ3) is 78.2. The van der Waals surface area contributed by atoms with E-state index >= 15 is 0 Å². The second-order valence-corrected chi connectivity index (χ2v) is 29.4. The molecule has 0 aromatic heterocycles. The van der Waals surface area contributed by atoms with Crippen LogP contribution >= 0.6 is 0 Å². The van der Waals surface area contributed by atoms with Crippen molar-refractivity contribution in [1.82, 2.24) is 0 Å². The molecule has 0 fully saturated rings. The van der Waals surface area contributed by atoms with Gasteiger partial charge in [0.2, 0.25) is 0 Å². The number of carboxylic acids is 1. The average Bonchev–Trinajstić information content (AvgIpc) is 3.75. The van der Waals surface area contributed by atoms with Crippen molar-refractivity contribution in [3.8, 4) is 0 Å². The summed E-state index contributed by atoms with van der Waals surface area (Å²) >= 11 is 0. The smallest absolute Gasteiger partial charge is 0.361 e. The number of unbranched alkanes of at least 4 members (excludes halogenated alkanes) is 53. The Hall–Kier alpha value is -3.01. The molecule has 1 N–H and O–H groups in total. The number of allylic oxidation sites excluding steroid dienone is 10. The molecule has 0 rings (SSSR count). The molecule has 95 heavy (non-hydrogen) atoms. The molecule has 9 heteroatoms. The lowest BCUT2D eigenvalue weighted by molar-refractivity contribution is -0.870. The van der Waals surface area contributed by atoms with Gasteiger partial charge in [-0.2, -0.15) is 0 Å². The molecule has 0 aliphatic heterocycles. The summed E-state index contributed by atoms with van der Waals surface area (Å²) in [5.41, 5.74) is 0. The Balaban J connectivity index is 3.96. The molecule has 0 saturated carbocycles. The van der Waals surface area contributed by atoms with Gasteiger partial charge in [0.25, 0.3) is 6.29 Å². The summed E-state index contributed by atoms with van der Waals surface area (Å²) in [5.74, 6) is -1.97. The molecular formula is C86H160NO8+. The van der Waals surface area contributed by atoms with Crippen LogP contribution in [0, 0.1) is 0 Å². The van der Waals surface area contributed by atoms with Gasteiger partial charge >= 0.3 is 17.9 Å². The quantitative estimate of drug-likeness (QED) is 0.0211. The van der Waals surface area contributed by atoms with Crippen molar-refractivity contribution in [2.24, 2.45) is 0 Å². The third-order valence-electron chi connectivity index (χ3n) is 18.7. The van der Waals surface area contributed by atoms with E-state index in [2.05, 4.69) is 74.6 Å². The second kappa shape index (κ2) is 76.7. The zero-order chi connectivity index (χ0) is 69.0. The highest BCUT2D eigenvalue weighted by atomic mass is 16.7. The minimum absolute atomic E-state index is 0.177. The highest BCUT2D eigenvalue weighted by Gasteiger charge is 2.25. The van der Waals surface area contributed by atoms with Gasteiger partial charge in [-0.1, -0.05) is 376 Å². The number of likely N-dealkylation sites (N-methyl/N-ethyl adjacent to an activating group) is 1. The summed E-state index contributed by atoms with van der Waals surface area (Å²) in [5, 5.41) is 9.78. The number of hydrogen-bond donors (Lipinski definition) is 1. The van der Waals surface area contributed by atoms with E-state index in [0.717, 1.165) is 57.8 Å². The fourth-order valence-electron chi connectivity index (χ4n) is 12.4. The Morgan fingerprint density at radius 1 is 0.316 bits per heavy atom. The van der Waals surface area contributed by atoms with Gasteiger partial charge in [-0.15, -0.1) is 0 Å². The Bertz CT molecular complexity index is 1750. The van der Waals surface area contributed by atoms with E-state index < -0.39 is 18.4 Å². The van der Waals surface area contributed by atoms with Crippen molar-refractivity contribution in [2.75, 3.05) is 47.5 Å². The molecule has 0 bridgehead atoms. The van der Waals surface area contributed by atoms with Crippen LogP contribution in [0.5, 0.6) is 0 Å². The number of aliphatic carboxylic acids is 1. The number of ether oxygens (including phenoxy) is 4. The van der Waals surface area contributed by atoms with E-state index in [9.17, 15) is 19.5 Å². The van der Waals surface area contributed by atoms with Gasteiger partial charge in [0, 0.05) is 12.8 Å². The SMILES string of the molecule is CCCCCCC/C=C\C/C=C\C/C=C\CCCCCCCCCCCCCCCCCCCCCCCCC(=O)OC(COC(=O)CCCCCCCCCCCCCCCCCCCCCCC/C=C\C/C=C\CCCCCCC)COC(OCC[N+](C)(C)C)C(=O)O. The van der Waals surface area contributed by atoms with Crippen LogP contribution in [0.25, 0.3) is 0 Å². The first-order valence-corrected chi connectivity index (χ1v) is 41.5. The van der Waals surface area contributed by atoms with E-state index in [0.29, 0.717) is 17.4 Å². The fourth-order valence-corrected chi connectivity index (χ4v) is 12.4. The lowest BCUT2D eigenvalue weighted by Gasteiger charge is -2.25. The first-order valence-electron chi connectivity index (χ1n) is 41.5. The van der Waals surface area contributed by atoms with E-state index in [1.165, 1.54) is 327 Å². The van der Waals surface area contributed by atoms with Gasteiger partial charge in [-0.25, -0.2) is 4.79 Å². The number of carbonyl (C=O) groups is 3. The number of hydrogen-bond acceptors (Lipinski definition) is 7. The summed E-state index contributed by atoms with van der Waals surface area (Å²) in [7, 11) is 6.00. The Morgan fingerprint density at radius 2 is 0.568 bits per heavy atom. The molecule has 0 aliphatic carbocycles. The molecule has 0 aliphatic rings. The van der Waals surface area contributed by atoms with Gasteiger partial charge in [-0.05, 0) is 83.5 Å². The molecule has 0 aromatic carbocycles. The van der Waals surface area contributed by atoms with Crippen molar-refractivity contribution >= 4 is 17.9 Å². The second-order valence-electron chi connectivity index (χ2n) is 29.4. The predicted octanol–water partition coefficient (Wildman–Crippen LogP) is 26.6. The van der Waals surface area contributed by atoms with Crippen molar-refractivity contribution in [2.45, 2.75) is 424 Å². The molecule has 0 heterocycles. The Kier molecular flexibility index (Phi) is 74.3. The molecule has 0 saturated heterocycles. The van der Waals surface area contributed by atoms with Crippen LogP contribution in [0.15, 0.2) is 60.8 Å². The Labute approximate surface area is 590 Å². The number of carbonyl (C=O) groups excluding carboxylic acids is 2. The molecule has 9 nitrogen and oxygen atoms in total. The van der Waals surface area contributed by atoms with E-state index in [1.54, 1.807) is 0 Å². The molecule has 0 radical (unpaired) electrons. The van der Waals surface area contributed by atoms with Crippen LogP contribution < -0.4 is 0 Å². The van der Waals surface area contributed by atoms with E-state index in [-0.39, 0.29) is 38.2 Å². The average molecular weight is 1340 g/mol. The van der Waals surface area contributed by atoms with Crippen LogP contribution in [0.2, 0.25) is 0 Å². The first-order chi connectivity index (χ1) is 46.6. The standard InChI is InChI=1S/C86H159NO8/c1-6-8-10-12-14-16-18-20-22-24-26-28-30-32-34-36-38-40-41-42-43-45-47-49-51-53-55-57-59-61-63-65-67-69-71-73-75-77-84(89)95-82(81-94-86(85(90)91)92-79-78-87(3,4)5)80-93-83(88)76-74-72-70-68-66-64-62-60-58-56-54-52-50-48-46-44-39-37-35-33-31-29-27-25-23-21-19-17-15-13-11-9-7-2/h18-21,24-27,30,32,82,86H,6-17,22-23,28-29,31,33-81H2,1-5H3/p+1/b20-18-,21-19-,26-24-,27-25-,32-30-. The minimum Gasteiger partial charge on any atom is -0.477 e. The van der Waals surface area contributed by atoms with Crippen LogP contribution in [-0.2, 0) is 33.3 Å². The number of esters is 2. The summed E-state index contributed by atoms with van der Waals surface area (Å²) in [6, 6.07) is 0. The predicted molar refractivity (Wildman–Crippen MR) is 410 cm³/mol. The zero-order valence-corrected chi connectivity index (χ0v) is 63.8. The number of quaternary nitrogens is 1. The maximum absolute atomic E-state index is 13.0. The van der Waals surface area contributed by atoms with Crippen molar-refractivity contribution in [3.63, 3.8) is 0 Å². The topological polar surface area (TPSA) is 108 Å². The maximum atomic E-state index is 13.0. The summed E-state index contributed by atoms with van der Waals surface area (Å²) < 4.78 is 23.1. The maximum Gasteiger partial charge on any atom is 0.361 e. The monoisotopic (exact) mass is 1340 g/mol. The lowest BCUT2D eigenvalue weighted by Crippen LogP contribution is -2.40. The molecule has 556 valence electrons. The van der Waals surface area contributed by atoms with Gasteiger partial charge in [0.1, 0.15) is 13.2 Å². The van der Waals surface area contributed by atoms with Crippen molar-refractivity contribution < 1.29 is 42.9 Å². The summed E-state index contributed by atoms with van der Waals surface area (Å²) in [6.07, 6.45) is 99.6. The highest BCUT2D eigenvalue weighted by molar-refractivity contribution is 5.71. The van der Waals surface area contributed by atoms with Crippen LogP contribution in [-0.4, -0.2) is 87.4 Å². The molecule has 2 unspecified atom stereocenters. The third-order valence-corrected chi connectivity index (χ3v) is 18.7. The van der Waals surface area contributed by atoms with Crippen LogP contribution in [0.3, 0.4) is 0 Å². The van der Waals surface area contributed by atoms with Crippen LogP contribution in [0.4, 0.5) is 0 Å². The van der Waals surface area contributed by atoms with Gasteiger partial charge < -0.3 is 28.5 Å². The molecule has 0 aromatic rings. The first kappa shape index (κ1) is 92.0. The summed E-state index contributed by atoms with van der Waals surface area (Å²) in [4.78, 5) is 37.8.